The highest BCUT2D eigenvalue weighted by Crippen LogP contribution is 2.18. The summed E-state index contributed by atoms with van der Waals surface area (Å²) in [5.41, 5.74) is 3.64. The van der Waals surface area contributed by atoms with E-state index in [1.807, 2.05) is 18.2 Å². The summed E-state index contributed by atoms with van der Waals surface area (Å²) in [5.74, 6) is 1.75. The fourth-order valence-electron chi connectivity index (χ4n) is 2.35. The van der Waals surface area contributed by atoms with E-state index in [1.54, 1.807) is 14.2 Å². The molecular weight excluding hydrogens is 413 g/mol. The number of nitrogens with one attached hydrogen (secondary N) is 2. The summed E-state index contributed by atoms with van der Waals surface area (Å²) < 4.78 is 5.37. The van der Waals surface area contributed by atoms with E-state index in [4.69, 9.17) is 4.74 Å². The molecule has 0 radical (unpaired) electrons. The van der Waals surface area contributed by atoms with Gasteiger partial charge in [0, 0.05) is 20.1 Å². The Morgan fingerprint density at radius 3 is 2.46 bits per heavy atom. The smallest absolute Gasteiger partial charge is 0.191 e. The molecule has 0 saturated carbocycles. The monoisotopic (exact) mass is 439 g/mol. The highest BCUT2D eigenvalue weighted by Gasteiger charge is 2.02. The number of guanidine groups is 1. The van der Waals surface area contributed by atoms with Crippen LogP contribution in [0.1, 0.15) is 16.7 Å². The summed E-state index contributed by atoms with van der Waals surface area (Å²) in [6, 6.07) is 16.6. The third-order valence-corrected chi connectivity index (χ3v) is 3.70. The number of nitrogens with zero attached hydrogens (tertiary/aromatic N) is 1. The van der Waals surface area contributed by atoms with Gasteiger partial charge in [0.2, 0.25) is 0 Å². The maximum atomic E-state index is 5.37. The Kier molecular flexibility index (Phi) is 9.22. The molecule has 130 valence electrons. The second-order valence-electron chi connectivity index (χ2n) is 5.39. The Morgan fingerprint density at radius 1 is 1.04 bits per heavy atom. The zero-order valence-corrected chi connectivity index (χ0v) is 16.8. The van der Waals surface area contributed by atoms with E-state index in [2.05, 4.69) is 52.9 Å². The van der Waals surface area contributed by atoms with Gasteiger partial charge in [-0.1, -0.05) is 42.5 Å². The predicted molar refractivity (Wildman–Crippen MR) is 111 cm³/mol. The number of hydrogen-bond donors (Lipinski definition) is 2. The number of benzene rings is 2. The van der Waals surface area contributed by atoms with Gasteiger partial charge in [-0.3, -0.25) is 4.99 Å². The van der Waals surface area contributed by atoms with Gasteiger partial charge in [-0.2, -0.15) is 0 Å². The van der Waals surface area contributed by atoms with Crippen molar-refractivity contribution < 1.29 is 4.74 Å². The van der Waals surface area contributed by atoms with Crippen LogP contribution in [0.15, 0.2) is 53.5 Å². The van der Waals surface area contributed by atoms with Gasteiger partial charge >= 0.3 is 0 Å². The van der Waals surface area contributed by atoms with E-state index in [9.17, 15) is 0 Å². The van der Waals surface area contributed by atoms with Gasteiger partial charge in [-0.05, 0) is 36.1 Å². The number of aliphatic imine (C=N–C) groups is 1. The lowest BCUT2D eigenvalue weighted by molar-refractivity contribution is 0.411. The minimum atomic E-state index is 0. The average Bonchev–Trinajstić information content (AvgIpc) is 2.60. The first-order valence-electron chi connectivity index (χ1n) is 7.85. The van der Waals surface area contributed by atoms with E-state index in [0.717, 1.165) is 36.8 Å². The van der Waals surface area contributed by atoms with Crippen LogP contribution in [0.4, 0.5) is 0 Å². The van der Waals surface area contributed by atoms with Crippen molar-refractivity contribution >= 4 is 29.9 Å². The first kappa shape index (κ1) is 20.3. The maximum absolute atomic E-state index is 5.37. The quantitative estimate of drug-likeness (QED) is 0.411. The summed E-state index contributed by atoms with van der Waals surface area (Å²) in [6.45, 7) is 3.63. The molecule has 0 heterocycles. The van der Waals surface area contributed by atoms with E-state index in [0.29, 0.717) is 0 Å². The third-order valence-electron chi connectivity index (χ3n) is 3.70. The summed E-state index contributed by atoms with van der Waals surface area (Å²) in [6.07, 6.45) is 0.919. The van der Waals surface area contributed by atoms with Crippen molar-refractivity contribution in [1.29, 1.82) is 0 Å². The van der Waals surface area contributed by atoms with Crippen molar-refractivity contribution in [3.8, 4) is 5.75 Å². The van der Waals surface area contributed by atoms with Crippen molar-refractivity contribution in [3.05, 3.63) is 65.2 Å². The highest BCUT2D eigenvalue weighted by atomic mass is 127. The first-order chi connectivity index (χ1) is 11.2. The predicted octanol–water partition coefficient (Wildman–Crippen LogP) is 3.53. The minimum Gasteiger partial charge on any atom is -0.496 e. The summed E-state index contributed by atoms with van der Waals surface area (Å²) in [4.78, 5) is 4.25. The van der Waals surface area contributed by atoms with Crippen LogP contribution in [0.25, 0.3) is 0 Å². The normalized spacial score (nSPS) is 10.7. The first-order valence-corrected chi connectivity index (χ1v) is 7.85. The summed E-state index contributed by atoms with van der Waals surface area (Å²) in [5, 5.41) is 6.66. The Morgan fingerprint density at radius 2 is 1.79 bits per heavy atom. The zero-order valence-electron chi connectivity index (χ0n) is 14.5. The molecule has 2 aromatic rings. The summed E-state index contributed by atoms with van der Waals surface area (Å²) in [7, 11) is 3.49. The molecular formula is C19H26IN3O. The topological polar surface area (TPSA) is 45.7 Å². The van der Waals surface area contributed by atoms with Crippen LogP contribution in [-0.2, 0) is 13.0 Å². The van der Waals surface area contributed by atoms with Crippen molar-refractivity contribution in [2.75, 3.05) is 20.7 Å². The maximum Gasteiger partial charge on any atom is 0.191 e. The molecule has 0 bridgehead atoms. The number of rotatable bonds is 6. The van der Waals surface area contributed by atoms with Crippen LogP contribution in [-0.4, -0.2) is 26.7 Å². The Bertz CT molecular complexity index is 644. The Labute approximate surface area is 161 Å². The van der Waals surface area contributed by atoms with Gasteiger partial charge in [0.25, 0.3) is 0 Å². The van der Waals surface area contributed by atoms with Gasteiger partial charge in [-0.25, -0.2) is 0 Å². The fraction of sp³-hybridized carbons (Fsp3) is 0.316. The van der Waals surface area contributed by atoms with Gasteiger partial charge in [0.05, 0.1) is 7.11 Å². The van der Waals surface area contributed by atoms with E-state index >= 15 is 0 Å². The van der Waals surface area contributed by atoms with E-state index in [1.165, 1.54) is 11.1 Å². The second-order valence-corrected chi connectivity index (χ2v) is 5.39. The Balaban J connectivity index is 0.00000288. The molecule has 0 amide bonds. The van der Waals surface area contributed by atoms with Crippen molar-refractivity contribution in [2.45, 2.75) is 19.9 Å². The van der Waals surface area contributed by atoms with E-state index in [-0.39, 0.29) is 24.0 Å². The van der Waals surface area contributed by atoms with Crippen LogP contribution in [0.5, 0.6) is 5.75 Å². The number of hydrogen-bond acceptors (Lipinski definition) is 2. The third kappa shape index (κ3) is 6.39. The molecule has 2 rings (SSSR count). The molecule has 0 aliphatic rings. The second kappa shape index (κ2) is 10.9. The SMILES string of the molecule is CN=C(NCCc1ccc(C)c(OC)c1)NCc1ccccc1.I. The van der Waals surface area contributed by atoms with Gasteiger partial charge in [0.15, 0.2) is 5.96 Å². The van der Waals surface area contributed by atoms with E-state index < -0.39 is 0 Å². The molecule has 0 aliphatic heterocycles. The molecule has 0 aliphatic carbocycles. The fourth-order valence-corrected chi connectivity index (χ4v) is 2.35. The van der Waals surface area contributed by atoms with Crippen LogP contribution in [0.3, 0.4) is 0 Å². The zero-order chi connectivity index (χ0) is 16.5. The van der Waals surface area contributed by atoms with Crippen molar-refractivity contribution in [1.82, 2.24) is 10.6 Å². The molecule has 0 aromatic heterocycles. The molecule has 0 atom stereocenters. The largest absolute Gasteiger partial charge is 0.496 e. The molecule has 0 spiro atoms. The van der Waals surface area contributed by atoms with Gasteiger partial charge in [0.1, 0.15) is 5.75 Å². The van der Waals surface area contributed by atoms with Crippen LogP contribution < -0.4 is 15.4 Å². The number of methoxy groups -OCH3 is 1. The van der Waals surface area contributed by atoms with Crippen molar-refractivity contribution in [3.63, 3.8) is 0 Å². The van der Waals surface area contributed by atoms with Crippen LogP contribution in [0, 0.1) is 6.92 Å². The minimum absolute atomic E-state index is 0. The number of ether oxygens (including phenoxy) is 1. The Hall–Kier alpha value is -1.76. The van der Waals surface area contributed by atoms with Gasteiger partial charge in [-0.15, -0.1) is 24.0 Å². The lowest BCUT2D eigenvalue weighted by Gasteiger charge is -2.12. The van der Waals surface area contributed by atoms with Gasteiger partial charge < -0.3 is 15.4 Å². The molecule has 0 fully saturated rings. The van der Waals surface area contributed by atoms with Crippen LogP contribution >= 0.6 is 24.0 Å². The molecule has 4 nitrogen and oxygen atoms in total. The summed E-state index contributed by atoms with van der Waals surface area (Å²) >= 11 is 0. The number of halogens is 1. The standard InChI is InChI=1S/C19H25N3O.HI/c1-15-9-10-16(13-18(15)23-3)11-12-21-19(20-2)22-14-17-7-5-4-6-8-17;/h4-10,13H,11-12,14H2,1-3H3,(H2,20,21,22);1H. The molecule has 0 saturated heterocycles. The molecule has 5 heteroatoms. The lowest BCUT2D eigenvalue weighted by atomic mass is 10.1. The molecule has 2 N–H and O–H groups in total. The average molecular weight is 439 g/mol. The highest BCUT2D eigenvalue weighted by molar-refractivity contribution is 14.0. The number of aryl methyl sites for hydroxylation is 1. The van der Waals surface area contributed by atoms with Crippen LogP contribution in [0.2, 0.25) is 0 Å². The van der Waals surface area contributed by atoms with Crippen molar-refractivity contribution in [2.24, 2.45) is 4.99 Å². The lowest BCUT2D eigenvalue weighted by Crippen LogP contribution is -2.37. The molecule has 24 heavy (non-hydrogen) atoms. The molecule has 0 unspecified atom stereocenters. The molecule has 2 aromatic carbocycles.